The van der Waals surface area contributed by atoms with E-state index in [4.69, 9.17) is 9.47 Å². The predicted octanol–water partition coefficient (Wildman–Crippen LogP) is 0.367. The highest BCUT2D eigenvalue weighted by molar-refractivity contribution is 6.21. The zero-order valence-corrected chi connectivity index (χ0v) is 14.1. The smallest absolute Gasteiger partial charge is 0.308 e. The van der Waals surface area contributed by atoms with Gasteiger partial charge in [0.2, 0.25) is 0 Å². The molecule has 2 rings (SSSR count). The molecule has 134 valence electrons. The van der Waals surface area contributed by atoms with E-state index in [1.807, 2.05) is 0 Å². The van der Waals surface area contributed by atoms with Crippen molar-refractivity contribution >= 4 is 23.7 Å². The Balaban J connectivity index is 1.82. The Morgan fingerprint density at radius 1 is 1.16 bits per heavy atom. The monoisotopic (exact) mass is 348 g/mol. The number of ether oxygens (including phenoxy) is 2. The van der Waals surface area contributed by atoms with E-state index in [9.17, 15) is 19.2 Å². The zero-order chi connectivity index (χ0) is 18.4. The van der Waals surface area contributed by atoms with Gasteiger partial charge < -0.3 is 14.8 Å². The van der Waals surface area contributed by atoms with E-state index >= 15 is 0 Å². The van der Waals surface area contributed by atoms with Crippen molar-refractivity contribution in [2.75, 3.05) is 26.8 Å². The molecule has 0 aromatic heterocycles. The number of hydrogen-bond acceptors (Lipinski definition) is 6. The number of hydrogen-bond donors (Lipinski definition) is 1. The fourth-order valence-electron chi connectivity index (χ4n) is 2.37. The molecule has 3 amide bonds. The normalized spacial score (nSPS) is 14.2. The molecule has 0 spiro atoms. The third-order valence-electron chi connectivity index (χ3n) is 3.70. The maximum atomic E-state index is 12.2. The van der Waals surface area contributed by atoms with Gasteiger partial charge in [-0.15, -0.1) is 0 Å². The van der Waals surface area contributed by atoms with Gasteiger partial charge in [0.1, 0.15) is 0 Å². The molecular weight excluding hydrogens is 328 g/mol. The summed E-state index contributed by atoms with van der Waals surface area (Å²) in [5.74, 6) is -1.96. The van der Waals surface area contributed by atoms with Crippen LogP contribution in [0, 0.1) is 0 Å². The Morgan fingerprint density at radius 2 is 1.76 bits per heavy atom. The molecule has 1 aliphatic rings. The highest BCUT2D eigenvalue weighted by Crippen LogP contribution is 2.22. The van der Waals surface area contributed by atoms with E-state index in [1.165, 1.54) is 14.0 Å². The standard InChI is InChI=1S/C17H20N2O6/c1-11(15(21)18-8-10-24-2)25-14(20)7-9-19-16(22)12-5-3-4-6-13(12)17(19)23/h3-6,11H,7-10H2,1-2H3,(H,18,21)/t11-/m1/s1. The fraction of sp³-hybridized carbons (Fsp3) is 0.412. The van der Waals surface area contributed by atoms with E-state index in [0.29, 0.717) is 24.3 Å². The van der Waals surface area contributed by atoms with Crippen molar-refractivity contribution in [3.63, 3.8) is 0 Å². The lowest BCUT2D eigenvalue weighted by Crippen LogP contribution is -2.38. The lowest BCUT2D eigenvalue weighted by molar-refractivity contribution is -0.154. The molecule has 1 atom stereocenters. The van der Waals surface area contributed by atoms with Crippen molar-refractivity contribution in [3.8, 4) is 0 Å². The summed E-state index contributed by atoms with van der Waals surface area (Å²) in [4.78, 5) is 48.9. The van der Waals surface area contributed by atoms with Crippen LogP contribution in [0.25, 0.3) is 0 Å². The molecular formula is C17H20N2O6. The first-order valence-electron chi connectivity index (χ1n) is 7.87. The van der Waals surface area contributed by atoms with Crippen molar-refractivity contribution < 1.29 is 28.7 Å². The minimum absolute atomic E-state index is 0.0941. The van der Waals surface area contributed by atoms with Crippen LogP contribution in [-0.4, -0.2) is 61.5 Å². The van der Waals surface area contributed by atoms with E-state index in [0.717, 1.165) is 4.90 Å². The lowest BCUT2D eigenvalue weighted by atomic mass is 10.1. The summed E-state index contributed by atoms with van der Waals surface area (Å²) in [6.07, 6.45) is -1.15. The molecule has 0 aliphatic carbocycles. The quantitative estimate of drug-likeness (QED) is 0.414. The first-order chi connectivity index (χ1) is 12.0. The SMILES string of the molecule is COCCNC(=O)[C@@H](C)OC(=O)CCN1C(=O)c2ccccc2C1=O. The molecule has 8 heteroatoms. The Hall–Kier alpha value is -2.74. The van der Waals surface area contributed by atoms with Gasteiger partial charge in [0.25, 0.3) is 17.7 Å². The fourth-order valence-corrected chi connectivity index (χ4v) is 2.37. The maximum absolute atomic E-state index is 12.2. The van der Waals surface area contributed by atoms with E-state index in [-0.39, 0.29) is 13.0 Å². The molecule has 0 saturated carbocycles. The number of carbonyl (C=O) groups excluding carboxylic acids is 4. The number of fused-ring (bicyclic) bond motifs is 1. The molecule has 0 saturated heterocycles. The van der Waals surface area contributed by atoms with Crippen LogP contribution in [0.4, 0.5) is 0 Å². The van der Waals surface area contributed by atoms with Gasteiger partial charge in [-0.3, -0.25) is 24.1 Å². The molecule has 1 aromatic rings. The Kier molecular flexibility index (Phi) is 6.24. The number of methoxy groups -OCH3 is 1. The molecule has 8 nitrogen and oxygen atoms in total. The molecule has 1 aromatic carbocycles. The summed E-state index contributed by atoms with van der Waals surface area (Å²) in [7, 11) is 1.51. The van der Waals surface area contributed by atoms with Crippen molar-refractivity contribution in [3.05, 3.63) is 35.4 Å². The van der Waals surface area contributed by atoms with Crippen LogP contribution in [0.3, 0.4) is 0 Å². The van der Waals surface area contributed by atoms with Crippen molar-refractivity contribution in [2.24, 2.45) is 0 Å². The van der Waals surface area contributed by atoms with Gasteiger partial charge in [0.15, 0.2) is 6.10 Å². The van der Waals surface area contributed by atoms with Crippen LogP contribution in [0.2, 0.25) is 0 Å². The summed E-state index contributed by atoms with van der Waals surface area (Å²) in [6, 6.07) is 6.48. The summed E-state index contributed by atoms with van der Waals surface area (Å²) >= 11 is 0. The van der Waals surface area contributed by atoms with Crippen molar-refractivity contribution in [2.45, 2.75) is 19.4 Å². The first-order valence-corrected chi connectivity index (χ1v) is 7.87. The molecule has 0 radical (unpaired) electrons. The van der Waals surface area contributed by atoms with E-state index < -0.39 is 29.8 Å². The Bertz CT molecular complexity index is 652. The average molecular weight is 348 g/mol. The molecule has 0 fully saturated rings. The van der Waals surface area contributed by atoms with E-state index in [1.54, 1.807) is 24.3 Å². The molecule has 0 bridgehead atoms. The number of benzene rings is 1. The van der Waals surface area contributed by atoms with Gasteiger partial charge in [-0.2, -0.15) is 0 Å². The van der Waals surface area contributed by atoms with Crippen LogP contribution in [0.1, 0.15) is 34.1 Å². The summed E-state index contributed by atoms with van der Waals surface area (Å²) in [5.41, 5.74) is 0.651. The second kappa shape index (κ2) is 8.39. The van der Waals surface area contributed by atoms with Gasteiger partial charge in [0.05, 0.1) is 24.2 Å². The van der Waals surface area contributed by atoms with Gasteiger partial charge in [-0.05, 0) is 19.1 Å². The topological polar surface area (TPSA) is 102 Å². The number of nitrogens with zero attached hydrogens (tertiary/aromatic N) is 1. The van der Waals surface area contributed by atoms with Crippen LogP contribution in [-0.2, 0) is 19.1 Å². The number of amides is 3. The van der Waals surface area contributed by atoms with Crippen LogP contribution in [0.5, 0.6) is 0 Å². The van der Waals surface area contributed by atoms with Crippen molar-refractivity contribution in [1.82, 2.24) is 10.2 Å². The minimum Gasteiger partial charge on any atom is -0.452 e. The predicted molar refractivity (Wildman–Crippen MR) is 86.9 cm³/mol. The highest BCUT2D eigenvalue weighted by atomic mass is 16.5. The average Bonchev–Trinajstić information content (AvgIpc) is 2.84. The molecule has 1 N–H and O–H groups in total. The molecule has 0 unspecified atom stereocenters. The third kappa shape index (κ3) is 4.42. The second-order valence-corrected chi connectivity index (χ2v) is 5.47. The Morgan fingerprint density at radius 3 is 2.32 bits per heavy atom. The van der Waals surface area contributed by atoms with Crippen LogP contribution in [0.15, 0.2) is 24.3 Å². The first kappa shape index (κ1) is 18.6. The molecule has 1 aliphatic heterocycles. The number of esters is 1. The van der Waals surface area contributed by atoms with Crippen LogP contribution < -0.4 is 5.32 Å². The second-order valence-electron chi connectivity index (χ2n) is 5.47. The maximum Gasteiger partial charge on any atom is 0.308 e. The minimum atomic E-state index is -0.966. The summed E-state index contributed by atoms with van der Waals surface area (Å²) in [5, 5.41) is 2.55. The largest absolute Gasteiger partial charge is 0.452 e. The lowest BCUT2D eigenvalue weighted by Gasteiger charge is -2.16. The Labute approximate surface area is 145 Å². The van der Waals surface area contributed by atoms with Gasteiger partial charge >= 0.3 is 5.97 Å². The van der Waals surface area contributed by atoms with E-state index in [2.05, 4.69) is 5.32 Å². The molecule has 25 heavy (non-hydrogen) atoms. The van der Waals surface area contributed by atoms with Gasteiger partial charge in [0, 0.05) is 20.2 Å². The van der Waals surface area contributed by atoms with Gasteiger partial charge in [-0.25, -0.2) is 0 Å². The number of rotatable bonds is 8. The summed E-state index contributed by atoms with van der Waals surface area (Å²) in [6.45, 7) is 2.02. The third-order valence-corrected chi connectivity index (χ3v) is 3.70. The summed E-state index contributed by atoms with van der Waals surface area (Å²) < 4.78 is 9.81. The van der Waals surface area contributed by atoms with Crippen molar-refractivity contribution in [1.29, 1.82) is 0 Å². The number of carbonyl (C=O) groups is 4. The highest BCUT2D eigenvalue weighted by Gasteiger charge is 2.35. The molecule has 1 heterocycles. The zero-order valence-electron chi connectivity index (χ0n) is 14.1. The number of nitrogens with one attached hydrogen (secondary N) is 1. The number of imide groups is 1. The van der Waals surface area contributed by atoms with Crippen LogP contribution >= 0.6 is 0 Å². The van der Waals surface area contributed by atoms with Gasteiger partial charge in [-0.1, -0.05) is 12.1 Å².